The lowest BCUT2D eigenvalue weighted by molar-refractivity contribution is 0.0575. The summed E-state index contributed by atoms with van der Waals surface area (Å²) in [6.45, 7) is 8.77. The molecule has 6 heteroatoms. The van der Waals surface area contributed by atoms with Crippen LogP contribution in [0.15, 0.2) is 0 Å². The molecule has 2 unspecified atom stereocenters. The zero-order valence-electron chi connectivity index (χ0n) is 34.1. The molecular formula is C44H92N2O4. The Morgan fingerprint density at radius 3 is 0.860 bits per heavy atom. The minimum Gasteiger partial charge on any atom is -0.395 e. The number of aliphatic hydroxyl groups excluding tert-OH is 4. The third-order valence-corrected chi connectivity index (χ3v) is 10.8. The summed E-state index contributed by atoms with van der Waals surface area (Å²) in [7, 11) is 0. The fraction of sp³-hybridized carbons (Fsp3) is 1.00. The normalized spacial score (nSPS) is 13.2. The van der Waals surface area contributed by atoms with E-state index in [-0.39, 0.29) is 25.4 Å². The third kappa shape index (κ3) is 37.5. The van der Waals surface area contributed by atoms with Gasteiger partial charge in [0, 0.05) is 26.2 Å². The maximum absolute atomic E-state index is 10.9. The molecule has 6 nitrogen and oxygen atoms in total. The van der Waals surface area contributed by atoms with Gasteiger partial charge in [-0.2, -0.15) is 0 Å². The fourth-order valence-electron chi connectivity index (χ4n) is 7.50. The van der Waals surface area contributed by atoms with Gasteiger partial charge in [-0.05, 0) is 32.4 Å². The van der Waals surface area contributed by atoms with Crippen molar-refractivity contribution < 1.29 is 20.4 Å². The zero-order chi connectivity index (χ0) is 36.6. The van der Waals surface area contributed by atoms with Crippen molar-refractivity contribution in [2.75, 3.05) is 52.5 Å². The number of unbranched alkanes of at least 4 members (excludes halogenated alkanes) is 27. The molecule has 0 radical (unpaired) electrons. The highest BCUT2D eigenvalue weighted by molar-refractivity contribution is 4.71. The van der Waals surface area contributed by atoms with Gasteiger partial charge in [0.15, 0.2) is 0 Å². The standard InChI is InChI=1S/C44H92N2O4/c1-3-5-7-9-11-13-15-17-19-21-23-25-27-29-31-34-44(50)42-46(36-32-35-45(37-39-47)38-40-48)41-43(49)33-30-28-26-24-22-20-18-16-14-12-10-8-6-4-2/h43-44,47-50H,3-42H2,1-2H3. The van der Waals surface area contributed by atoms with Crippen LogP contribution in [-0.2, 0) is 0 Å². The Morgan fingerprint density at radius 2 is 0.580 bits per heavy atom. The average Bonchev–Trinajstić information content (AvgIpc) is 3.10. The van der Waals surface area contributed by atoms with E-state index in [4.69, 9.17) is 0 Å². The summed E-state index contributed by atoms with van der Waals surface area (Å²) < 4.78 is 0. The van der Waals surface area contributed by atoms with Crippen LogP contribution >= 0.6 is 0 Å². The van der Waals surface area contributed by atoms with Gasteiger partial charge < -0.3 is 20.4 Å². The molecule has 50 heavy (non-hydrogen) atoms. The van der Waals surface area contributed by atoms with Gasteiger partial charge in [-0.25, -0.2) is 0 Å². The Kier molecular flexibility index (Phi) is 41.3. The summed E-state index contributed by atoms with van der Waals surface area (Å²) in [5.41, 5.74) is 0. The molecule has 0 saturated heterocycles. The molecule has 0 spiro atoms. The average molecular weight is 713 g/mol. The molecule has 0 bridgehead atoms. The SMILES string of the molecule is CCCCCCCCCCCCCCCCCC(O)CN(CCCN(CCO)CCO)CC(O)CCCCCCCCCCCCCCCC. The van der Waals surface area contributed by atoms with Crippen LogP contribution in [0.5, 0.6) is 0 Å². The molecule has 0 aromatic heterocycles. The molecule has 4 N–H and O–H groups in total. The Hall–Kier alpha value is -0.240. The lowest BCUT2D eigenvalue weighted by atomic mass is 10.0. The summed E-state index contributed by atoms with van der Waals surface area (Å²) >= 11 is 0. The van der Waals surface area contributed by atoms with Gasteiger partial charge in [0.25, 0.3) is 0 Å². The molecule has 0 heterocycles. The van der Waals surface area contributed by atoms with Crippen LogP contribution in [0.2, 0.25) is 0 Å². The van der Waals surface area contributed by atoms with E-state index >= 15 is 0 Å². The first kappa shape index (κ1) is 49.8. The highest BCUT2D eigenvalue weighted by Crippen LogP contribution is 2.16. The zero-order valence-corrected chi connectivity index (χ0v) is 34.1. The Morgan fingerprint density at radius 1 is 0.320 bits per heavy atom. The fourth-order valence-corrected chi connectivity index (χ4v) is 7.50. The predicted molar refractivity (Wildman–Crippen MR) is 218 cm³/mol. The van der Waals surface area contributed by atoms with Gasteiger partial charge in [-0.3, -0.25) is 9.80 Å². The molecule has 0 aliphatic rings. The van der Waals surface area contributed by atoms with Gasteiger partial charge in [-0.15, -0.1) is 0 Å². The van der Waals surface area contributed by atoms with Crippen molar-refractivity contribution in [3.8, 4) is 0 Å². The van der Waals surface area contributed by atoms with E-state index in [0.717, 1.165) is 45.2 Å². The lowest BCUT2D eigenvalue weighted by Gasteiger charge is -2.29. The second kappa shape index (κ2) is 41.5. The molecule has 0 aromatic rings. The Labute approximate surface area is 313 Å². The summed E-state index contributed by atoms with van der Waals surface area (Å²) in [4.78, 5) is 4.36. The van der Waals surface area contributed by atoms with Gasteiger partial charge in [0.05, 0.1) is 25.4 Å². The Balaban J connectivity index is 4.16. The van der Waals surface area contributed by atoms with E-state index in [2.05, 4.69) is 23.6 Å². The number of nitrogens with zero attached hydrogens (tertiary/aromatic N) is 2. The first-order valence-corrected chi connectivity index (χ1v) is 22.6. The number of aliphatic hydroxyl groups is 4. The smallest absolute Gasteiger partial charge is 0.0667 e. The van der Waals surface area contributed by atoms with Crippen LogP contribution < -0.4 is 0 Å². The van der Waals surface area contributed by atoms with Crippen LogP contribution in [0.4, 0.5) is 0 Å². The molecule has 302 valence electrons. The first-order valence-electron chi connectivity index (χ1n) is 22.6. The summed E-state index contributed by atoms with van der Waals surface area (Å²) in [6, 6.07) is 0. The summed E-state index contributed by atoms with van der Waals surface area (Å²) in [5, 5.41) is 40.6. The monoisotopic (exact) mass is 713 g/mol. The van der Waals surface area contributed by atoms with Crippen molar-refractivity contribution in [1.82, 2.24) is 9.80 Å². The molecule has 0 aliphatic carbocycles. The van der Waals surface area contributed by atoms with Crippen LogP contribution in [0.1, 0.15) is 219 Å². The van der Waals surface area contributed by atoms with Gasteiger partial charge in [-0.1, -0.05) is 200 Å². The first-order chi connectivity index (χ1) is 24.6. The van der Waals surface area contributed by atoms with Crippen molar-refractivity contribution in [3.63, 3.8) is 0 Å². The van der Waals surface area contributed by atoms with Crippen molar-refractivity contribution >= 4 is 0 Å². The van der Waals surface area contributed by atoms with E-state index in [1.165, 1.54) is 173 Å². The maximum Gasteiger partial charge on any atom is 0.0667 e. The van der Waals surface area contributed by atoms with Crippen LogP contribution in [-0.4, -0.2) is 94.9 Å². The van der Waals surface area contributed by atoms with Gasteiger partial charge >= 0.3 is 0 Å². The number of hydrogen-bond donors (Lipinski definition) is 4. The van der Waals surface area contributed by atoms with E-state index < -0.39 is 0 Å². The molecule has 0 aliphatic heterocycles. The molecular weight excluding hydrogens is 620 g/mol. The highest BCUT2D eigenvalue weighted by Gasteiger charge is 2.16. The lowest BCUT2D eigenvalue weighted by Crippen LogP contribution is -2.40. The minimum atomic E-state index is -0.351. The van der Waals surface area contributed by atoms with E-state index in [1.54, 1.807) is 0 Å². The largest absolute Gasteiger partial charge is 0.395 e. The van der Waals surface area contributed by atoms with Gasteiger partial charge in [0.2, 0.25) is 0 Å². The van der Waals surface area contributed by atoms with Crippen molar-refractivity contribution in [3.05, 3.63) is 0 Å². The molecule has 0 fully saturated rings. The summed E-state index contributed by atoms with van der Waals surface area (Å²) in [6.07, 6.45) is 41.0. The van der Waals surface area contributed by atoms with Crippen molar-refractivity contribution in [1.29, 1.82) is 0 Å². The minimum absolute atomic E-state index is 0.0968. The molecule has 0 rings (SSSR count). The number of rotatable bonds is 43. The van der Waals surface area contributed by atoms with Gasteiger partial charge in [0.1, 0.15) is 0 Å². The summed E-state index contributed by atoms with van der Waals surface area (Å²) in [5.74, 6) is 0. The number of hydrogen-bond acceptors (Lipinski definition) is 6. The predicted octanol–water partition coefficient (Wildman–Crippen LogP) is 10.8. The van der Waals surface area contributed by atoms with Crippen LogP contribution in [0.25, 0.3) is 0 Å². The van der Waals surface area contributed by atoms with Crippen molar-refractivity contribution in [2.24, 2.45) is 0 Å². The van der Waals surface area contributed by atoms with Crippen LogP contribution in [0.3, 0.4) is 0 Å². The third-order valence-electron chi connectivity index (χ3n) is 10.8. The second-order valence-corrected chi connectivity index (χ2v) is 15.8. The molecule has 0 aromatic carbocycles. The van der Waals surface area contributed by atoms with E-state index in [9.17, 15) is 20.4 Å². The van der Waals surface area contributed by atoms with E-state index in [1.807, 2.05) is 0 Å². The quantitative estimate of drug-likeness (QED) is 0.0471. The second-order valence-electron chi connectivity index (χ2n) is 15.8. The molecule has 0 amide bonds. The molecule has 2 atom stereocenters. The maximum atomic E-state index is 10.9. The molecule has 0 saturated carbocycles. The topological polar surface area (TPSA) is 87.4 Å². The van der Waals surface area contributed by atoms with Crippen molar-refractivity contribution in [2.45, 2.75) is 232 Å². The van der Waals surface area contributed by atoms with Crippen LogP contribution in [0, 0.1) is 0 Å². The highest BCUT2D eigenvalue weighted by atomic mass is 16.3. The van der Waals surface area contributed by atoms with E-state index in [0.29, 0.717) is 26.2 Å². The Bertz CT molecular complexity index is 619.